The molecule has 3 N–H and O–H groups in total. The Bertz CT molecular complexity index is 1430. The number of hydrogen-bond acceptors (Lipinski definition) is 6. The van der Waals surface area contributed by atoms with Crippen molar-refractivity contribution in [1.29, 1.82) is 0 Å². The fraction of sp³-hybridized carbons (Fsp3) is 0.258. The molecule has 8 nitrogen and oxygen atoms in total. The Balaban J connectivity index is 1.41. The second-order valence-electron chi connectivity index (χ2n) is 9.78. The van der Waals surface area contributed by atoms with E-state index in [2.05, 4.69) is 16.0 Å². The summed E-state index contributed by atoms with van der Waals surface area (Å²) in [5.74, 6) is -0.356. The maximum Gasteiger partial charge on any atom is 0.329 e. The highest BCUT2D eigenvalue weighted by atomic mass is 35.5. The standard InChI is InChI=1S/C31H31Cl2N3O5/c1-19(2)30(38)34-12-13-40-24-10-8-23(9-11-24)35-28(37)15-21-14-27(31(39)41-18-20-6-4-3-5-7-20)36-26-17-22(32)16-25(33)29(21)26/h3-11,15-17,19,27,36H,12-14,18H2,1-2H3,(H,34,38)(H,35,37)/b21-15+. The number of anilines is 2. The number of nitrogens with one attached hydrogen (secondary N) is 3. The number of ether oxygens (including phenoxy) is 2. The van der Waals surface area contributed by atoms with Gasteiger partial charge in [-0.3, -0.25) is 9.59 Å². The number of carbonyl (C=O) groups excluding carboxylic acids is 3. The van der Waals surface area contributed by atoms with Gasteiger partial charge >= 0.3 is 5.97 Å². The summed E-state index contributed by atoms with van der Waals surface area (Å²) < 4.78 is 11.2. The summed E-state index contributed by atoms with van der Waals surface area (Å²) in [5, 5.41) is 9.53. The van der Waals surface area contributed by atoms with Gasteiger partial charge in [0.05, 0.1) is 11.6 Å². The van der Waals surface area contributed by atoms with Gasteiger partial charge in [-0.15, -0.1) is 0 Å². The molecule has 2 amide bonds. The maximum atomic E-state index is 13.0. The molecular formula is C31H31Cl2N3O5. The van der Waals surface area contributed by atoms with Gasteiger partial charge in [0.15, 0.2) is 0 Å². The van der Waals surface area contributed by atoms with E-state index < -0.39 is 12.0 Å². The third-order valence-electron chi connectivity index (χ3n) is 6.26. The maximum absolute atomic E-state index is 13.0. The second-order valence-corrected chi connectivity index (χ2v) is 10.6. The summed E-state index contributed by atoms with van der Waals surface area (Å²) in [5.41, 5.74) is 3.14. The van der Waals surface area contributed by atoms with E-state index in [1.54, 1.807) is 36.4 Å². The number of hydrogen-bond donors (Lipinski definition) is 3. The summed E-state index contributed by atoms with van der Waals surface area (Å²) in [6.07, 6.45) is 1.62. The minimum absolute atomic E-state index is 0.0306. The lowest BCUT2D eigenvalue weighted by molar-refractivity contribution is -0.145. The van der Waals surface area contributed by atoms with Crippen LogP contribution < -0.4 is 20.7 Å². The first-order valence-corrected chi connectivity index (χ1v) is 13.9. The molecule has 10 heteroatoms. The van der Waals surface area contributed by atoms with Crippen LogP contribution in [0, 0.1) is 5.92 Å². The normalized spacial score (nSPS) is 15.0. The zero-order valence-corrected chi connectivity index (χ0v) is 24.2. The van der Waals surface area contributed by atoms with Crippen LogP contribution in [0.15, 0.2) is 72.8 Å². The first-order chi connectivity index (χ1) is 19.7. The van der Waals surface area contributed by atoms with E-state index in [1.807, 2.05) is 44.2 Å². The highest BCUT2D eigenvalue weighted by molar-refractivity contribution is 6.36. The lowest BCUT2D eigenvalue weighted by atomic mass is 9.91. The summed E-state index contributed by atoms with van der Waals surface area (Å²) in [4.78, 5) is 37.6. The highest BCUT2D eigenvalue weighted by Gasteiger charge is 2.30. The van der Waals surface area contributed by atoms with Crippen LogP contribution in [0.3, 0.4) is 0 Å². The minimum atomic E-state index is -0.735. The van der Waals surface area contributed by atoms with Gasteiger partial charge in [0.2, 0.25) is 11.8 Å². The molecule has 0 fully saturated rings. The van der Waals surface area contributed by atoms with Crippen molar-refractivity contribution < 1.29 is 23.9 Å². The molecule has 3 aromatic carbocycles. The van der Waals surface area contributed by atoms with Crippen molar-refractivity contribution >= 4 is 57.9 Å². The molecule has 0 aliphatic carbocycles. The van der Waals surface area contributed by atoms with Crippen molar-refractivity contribution in [3.63, 3.8) is 0 Å². The summed E-state index contributed by atoms with van der Waals surface area (Å²) >= 11 is 12.7. The Morgan fingerprint density at radius 3 is 2.49 bits per heavy atom. The number of rotatable bonds is 10. The van der Waals surface area contributed by atoms with E-state index in [-0.39, 0.29) is 30.8 Å². The number of amides is 2. The quantitative estimate of drug-likeness (QED) is 0.149. The van der Waals surface area contributed by atoms with Crippen LogP contribution in [0.5, 0.6) is 5.75 Å². The van der Waals surface area contributed by atoms with E-state index in [1.165, 1.54) is 6.08 Å². The van der Waals surface area contributed by atoms with Gasteiger partial charge in [0.25, 0.3) is 0 Å². The highest BCUT2D eigenvalue weighted by Crippen LogP contribution is 2.40. The molecule has 1 aliphatic heterocycles. The monoisotopic (exact) mass is 595 g/mol. The molecule has 0 spiro atoms. The molecule has 1 aliphatic rings. The van der Waals surface area contributed by atoms with E-state index in [0.29, 0.717) is 51.5 Å². The summed E-state index contributed by atoms with van der Waals surface area (Å²) in [7, 11) is 0. The Kier molecular flexibility index (Phi) is 10.3. The minimum Gasteiger partial charge on any atom is -0.492 e. The van der Waals surface area contributed by atoms with Crippen molar-refractivity contribution in [1.82, 2.24) is 5.32 Å². The lowest BCUT2D eigenvalue weighted by Crippen LogP contribution is -2.35. The van der Waals surface area contributed by atoms with Crippen molar-refractivity contribution in [3.05, 3.63) is 94.0 Å². The Morgan fingerprint density at radius 1 is 1.05 bits per heavy atom. The van der Waals surface area contributed by atoms with Crippen LogP contribution in [0.4, 0.5) is 11.4 Å². The van der Waals surface area contributed by atoms with Gasteiger partial charge < -0.3 is 25.4 Å². The van der Waals surface area contributed by atoms with Crippen LogP contribution in [0.1, 0.15) is 31.4 Å². The first-order valence-electron chi connectivity index (χ1n) is 13.2. The summed E-state index contributed by atoms with van der Waals surface area (Å²) in [6, 6.07) is 18.8. The molecule has 0 radical (unpaired) electrons. The predicted molar refractivity (Wildman–Crippen MR) is 161 cm³/mol. The predicted octanol–water partition coefficient (Wildman–Crippen LogP) is 6.09. The van der Waals surface area contributed by atoms with Crippen LogP contribution in [-0.4, -0.2) is 37.0 Å². The molecular weight excluding hydrogens is 565 g/mol. The van der Waals surface area contributed by atoms with Crippen molar-refractivity contribution in [2.75, 3.05) is 23.8 Å². The molecule has 0 bridgehead atoms. The molecule has 1 heterocycles. The Labute approximate surface area is 249 Å². The smallest absolute Gasteiger partial charge is 0.329 e. The number of halogens is 2. The van der Waals surface area contributed by atoms with Gasteiger partial charge in [-0.1, -0.05) is 67.4 Å². The van der Waals surface area contributed by atoms with E-state index in [9.17, 15) is 14.4 Å². The first kappa shape index (κ1) is 30.0. The third kappa shape index (κ3) is 8.49. The van der Waals surface area contributed by atoms with Gasteiger partial charge in [-0.05, 0) is 47.5 Å². The zero-order chi connectivity index (χ0) is 29.4. The average Bonchev–Trinajstić information content (AvgIpc) is 2.94. The number of esters is 1. The number of benzene rings is 3. The van der Waals surface area contributed by atoms with Gasteiger partial charge in [0, 0.05) is 40.4 Å². The van der Waals surface area contributed by atoms with Gasteiger partial charge in [-0.25, -0.2) is 4.79 Å². The van der Waals surface area contributed by atoms with Crippen LogP contribution >= 0.6 is 23.2 Å². The van der Waals surface area contributed by atoms with Gasteiger partial charge in [0.1, 0.15) is 25.0 Å². The molecule has 0 saturated heterocycles. The van der Waals surface area contributed by atoms with Crippen LogP contribution in [0.2, 0.25) is 10.0 Å². The Hall–Kier alpha value is -4.01. The second kappa shape index (κ2) is 14.1. The SMILES string of the molecule is CC(C)C(=O)NCCOc1ccc(NC(=O)/C=C2\CC(C(=O)OCc3ccccc3)Nc3cc(Cl)cc(Cl)c32)cc1. The molecule has 0 aromatic heterocycles. The van der Waals surface area contributed by atoms with Crippen molar-refractivity contribution in [3.8, 4) is 5.75 Å². The molecule has 1 atom stereocenters. The fourth-order valence-corrected chi connectivity index (χ4v) is 4.81. The van der Waals surface area contributed by atoms with Crippen LogP contribution in [0.25, 0.3) is 5.57 Å². The molecule has 4 rings (SSSR count). The van der Waals surface area contributed by atoms with Crippen molar-refractivity contribution in [2.24, 2.45) is 5.92 Å². The third-order valence-corrected chi connectivity index (χ3v) is 6.78. The van der Waals surface area contributed by atoms with E-state index in [4.69, 9.17) is 32.7 Å². The number of carbonyl (C=O) groups is 3. The fourth-order valence-electron chi connectivity index (χ4n) is 4.20. The van der Waals surface area contributed by atoms with Crippen molar-refractivity contribution in [2.45, 2.75) is 32.9 Å². The summed E-state index contributed by atoms with van der Waals surface area (Å²) in [6.45, 7) is 4.50. The van der Waals surface area contributed by atoms with E-state index in [0.717, 1.165) is 5.56 Å². The molecule has 41 heavy (non-hydrogen) atoms. The van der Waals surface area contributed by atoms with Gasteiger partial charge in [-0.2, -0.15) is 0 Å². The molecule has 3 aromatic rings. The topological polar surface area (TPSA) is 106 Å². The zero-order valence-electron chi connectivity index (χ0n) is 22.7. The van der Waals surface area contributed by atoms with Crippen LogP contribution in [-0.2, 0) is 25.7 Å². The lowest BCUT2D eigenvalue weighted by Gasteiger charge is -2.28. The Morgan fingerprint density at radius 2 is 1.78 bits per heavy atom. The largest absolute Gasteiger partial charge is 0.492 e. The average molecular weight is 597 g/mol. The van der Waals surface area contributed by atoms with E-state index >= 15 is 0 Å². The molecule has 1 unspecified atom stereocenters. The molecule has 0 saturated carbocycles. The number of fused-ring (bicyclic) bond motifs is 1. The molecule has 214 valence electrons.